The molecule has 0 fully saturated rings. The molecule has 2 aromatic rings. The Morgan fingerprint density at radius 1 is 1.05 bits per heavy atom. The molecule has 0 aliphatic carbocycles. The Morgan fingerprint density at radius 2 is 1.79 bits per heavy atom. The molecule has 1 aromatic heterocycles. The maximum atomic E-state index is 12.3. The zero-order chi connectivity index (χ0) is 13.5. The Morgan fingerprint density at radius 3 is 2.53 bits per heavy atom. The highest BCUT2D eigenvalue weighted by molar-refractivity contribution is 7.90. The van der Waals surface area contributed by atoms with Crippen LogP contribution in [0.25, 0.3) is 0 Å². The third kappa shape index (κ3) is 2.33. The van der Waals surface area contributed by atoms with Gasteiger partial charge in [0.2, 0.25) is 0 Å². The van der Waals surface area contributed by atoms with Gasteiger partial charge in [-0.1, -0.05) is 30.3 Å². The van der Waals surface area contributed by atoms with Crippen molar-refractivity contribution < 1.29 is 8.42 Å². The fourth-order valence-corrected chi connectivity index (χ4v) is 3.96. The van der Waals surface area contributed by atoms with Crippen molar-refractivity contribution in [3.05, 3.63) is 69.6 Å². The van der Waals surface area contributed by atoms with Crippen molar-refractivity contribution in [1.82, 2.24) is 4.57 Å². The molecule has 1 aromatic carbocycles. The number of rotatable bonds is 2. The van der Waals surface area contributed by atoms with Crippen LogP contribution >= 0.6 is 0 Å². The minimum absolute atomic E-state index is 0.0102. The number of nitrogens with zero attached hydrogens (tertiary/aromatic N) is 1. The molecule has 4 nitrogen and oxygen atoms in total. The van der Waals surface area contributed by atoms with Crippen LogP contribution in [-0.4, -0.2) is 13.0 Å². The van der Waals surface area contributed by atoms with Gasteiger partial charge in [0.1, 0.15) is 0 Å². The van der Waals surface area contributed by atoms with Gasteiger partial charge in [0.15, 0.2) is 9.84 Å². The lowest BCUT2D eigenvalue weighted by Gasteiger charge is -2.07. The molecule has 98 valence electrons. The quantitative estimate of drug-likeness (QED) is 0.830. The van der Waals surface area contributed by atoms with Crippen LogP contribution in [0.15, 0.2) is 47.4 Å². The van der Waals surface area contributed by atoms with Crippen LogP contribution in [0, 0.1) is 0 Å². The summed E-state index contributed by atoms with van der Waals surface area (Å²) in [7, 11) is -3.13. The number of pyridine rings is 1. The number of hydrogen-bond donors (Lipinski definition) is 0. The molecule has 2 heterocycles. The minimum Gasteiger partial charge on any atom is -0.311 e. The van der Waals surface area contributed by atoms with E-state index in [-0.39, 0.29) is 17.1 Å². The number of sulfone groups is 1. The molecule has 0 amide bonds. The first-order chi connectivity index (χ1) is 9.05. The van der Waals surface area contributed by atoms with E-state index in [9.17, 15) is 13.2 Å². The van der Waals surface area contributed by atoms with E-state index in [1.165, 1.54) is 0 Å². The summed E-state index contributed by atoms with van der Waals surface area (Å²) < 4.78 is 24.7. The van der Waals surface area contributed by atoms with Gasteiger partial charge in [-0.2, -0.15) is 0 Å². The van der Waals surface area contributed by atoms with Crippen molar-refractivity contribution in [2.75, 3.05) is 0 Å². The van der Waals surface area contributed by atoms with Gasteiger partial charge in [0.25, 0.3) is 5.56 Å². The molecule has 0 saturated heterocycles. The Labute approximate surface area is 111 Å². The molecular weight excluding hydrogens is 262 g/mol. The van der Waals surface area contributed by atoms with Crippen LogP contribution in [0.5, 0.6) is 0 Å². The zero-order valence-corrected chi connectivity index (χ0v) is 11.1. The number of aromatic nitrogens is 1. The molecule has 0 N–H and O–H groups in total. The Balaban J connectivity index is 2.01. The average Bonchev–Trinajstić information content (AvgIpc) is 2.70. The minimum atomic E-state index is -3.13. The Kier molecular flexibility index (Phi) is 2.78. The second-order valence-electron chi connectivity index (χ2n) is 4.77. The third-order valence-corrected chi connectivity index (χ3v) is 4.78. The third-order valence-electron chi connectivity index (χ3n) is 3.30. The fraction of sp³-hybridized carbons (Fsp3) is 0.214. The van der Waals surface area contributed by atoms with E-state index >= 15 is 0 Å². The van der Waals surface area contributed by atoms with E-state index in [4.69, 9.17) is 0 Å². The number of hydrogen-bond acceptors (Lipinski definition) is 3. The van der Waals surface area contributed by atoms with Crippen LogP contribution < -0.4 is 5.56 Å². The van der Waals surface area contributed by atoms with Gasteiger partial charge >= 0.3 is 0 Å². The first-order valence-corrected chi connectivity index (χ1v) is 7.83. The summed E-state index contributed by atoms with van der Waals surface area (Å²) in [5.74, 6) is -0.138. The van der Waals surface area contributed by atoms with Gasteiger partial charge in [-0.15, -0.1) is 0 Å². The van der Waals surface area contributed by atoms with Gasteiger partial charge in [-0.05, 0) is 17.2 Å². The largest absolute Gasteiger partial charge is 0.311 e. The molecule has 0 spiro atoms. The van der Waals surface area contributed by atoms with E-state index in [0.717, 1.165) is 5.56 Å². The molecule has 0 unspecified atom stereocenters. The Hall–Kier alpha value is -1.88. The number of fused-ring (bicyclic) bond motifs is 1. The highest BCUT2D eigenvalue weighted by atomic mass is 32.2. The van der Waals surface area contributed by atoms with Gasteiger partial charge in [-0.25, -0.2) is 8.42 Å². The lowest BCUT2D eigenvalue weighted by molar-refractivity contribution is 0.598. The second kappa shape index (κ2) is 4.35. The monoisotopic (exact) mass is 275 g/mol. The van der Waals surface area contributed by atoms with Crippen molar-refractivity contribution in [3.8, 4) is 0 Å². The molecule has 0 atom stereocenters. The molecule has 5 heteroatoms. The predicted octanol–water partition coefficient (Wildman–Crippen LogP) is 1.32. The van der Waals surface area contributed by atoms with Crippen molar-refractivity contribution in [2.45, 2.75) is 18.1 Å². The maximum Gasteiger partial charge on any atom is 0.255 e. The summed E-state index contributed by atoms with van der Waals surface area (Å²) in [6.45, 7) is 0.465. The zero-order valence-electron chi connectivity index (χ0n) is 10.2. The van der Waals surface area contributed by atoms with E-state index in [0.29, 0.717) is 17.7 Å². The maximum absolute atomic E-state index is 12.3. The highest BCUT2D eigenvalue weighted by Gasteiger charge is 2.27. The molecule has 1 aliphatic rings. The highest BCUT2D eigenvalue weighted by Crippen LogP contribution is 2.21. The first-order valence-electron chi connectivity index (χ1n) is 6.01. The van der Waals surface area contributed by atoms with Crippen LogP contribution in [0.1, 0.15) is 16.7 Å². The van der Waals surface area contributed by atoms with Crippen molar-refractivity contribution >= 4 is 9.84 Å². The van der Waals surface area contributed by atoms with Crippen LogP contribution in [-0.2, 0) is 27.9 Å². The fourth-order valence-electron chi connectivity index (χ4n) is 2.36. The van der Waals surface area contributed by atoms with Crippen LogP contribution in [0.3, 0.4) is 0 Å². The van der Waals surface area contributed by atoms with E-state index < -0.39 is 9.84 Å². The van der Waals surface area contributed by atoms with Crippen molar-refractivity contribution in [1.29, 1.82) is 0 Å². The summed E-state index contributed by atoms with van der Waals surface area (Å²) in [6, 6.07) is 11.4. The van der Waals surface area contributed by atoms with E-state index in [1.54, 1.807) is 16.8 Å². The van der Waals surface area contributed by atoms with E-state index in [1.807, 2.05) is 30.3 Å². The van der Waals surface area contributed by atoms with Crippen molar-refractivity contribution in [3.63, 3.8) is 0 Å². The summed E-state index contributed by atoms with van der Waals surface area (Å²) in [5, 5.41) is 0. The molecule has 19 heavy (non-hydrogen) atoms. The molecular formula is C14H13NO3S. The topological polar surface area (TPSA) is 56.1 Å². The SMILES string of the molecule is O=c1c2c(ccn1Cc1ccccc1)CS(=O)(=O)C2. The summed E-state index contributed by atoms with van der Waals surface area (Å²) >= 11 is 0. The summed E-state index contributed by atoms with van der Waals surface area (Å²) in [6.07, 6.45) is 1.68. The number of benzene rings is 1. The summed E-state index contributed by atoms with van der Waals surface area (Å²) in [5.41, 5.74) is 1.90. The average molecular weight is 275 g/mol. The van der Waals surface area contributed by atoms with Gasteiger partial charge in [-0.3, -0.25) is 4.79 Å². The van der Waals surface area contributed by atoms with Gasteiger partial charge < -0.3 is 4.57 Å². The first kappa shape index (κ1) is 12.2. The molecule has 0 radical (unpaired) electrons. The molecule has 1 aliphatic heterocycles. The normalized spacial score (nSPS) is 16.2. The smallest absolute Gasteiger partial charge is 0.255 e. The second-order valence-corrected chi connectivity index (χ2v) is 6.83. The van der Waals surface area contributed by atoms with Crippen molar-refractivity contribution in [2.24, 2.45) is 0 Å². The van der Waals surface area contributed by atoms with Crippen LogP contribution in [0.4, 0.5) is 0 Å². The molecule has 0 saturated carbocycles. The van der Waals surface area contributed by atoms with Crippen LogP contribution in [0.2, 0.25) is 0 Å². The molecule has 3 rings (SSSR count). The lowest BCUT2D eigenvalue weighted by Crippen LogP contribution is -2.23. The van der Waals surface area contributed by atoms with Gasteiger partial charge in [0, 0.05) is 11.8 Å². The van der Waals surface area contributed by atoms with E-state index in [2.05, 4.69) is 0 Å². The predicted molar refractivity (Wildman–Crippen MR) is 72.6 cm³/mol. The Bertz CT molecular complexity index is 776. The lowest BCUT2D eigenvalue weighted by atomic mass is 10.1. The summed E-state index contributed by atoms with van der Waals surface area (Å²) in [4.78, 5) is 12.3. The van der Waals surface area contributed by atoms with Gasteiger partial charge in [0.05, 0.1) is 18.1 Å². The standard InChI is InChI=1S/C14H13NO3S/c16-14-13-10-19(17,18)9-12(13)6-7-15(14)8-11-4-2-1-3-5-11/h1-7H,8-10H2. The molecule has 0 bridgehead atoms.